The summed E-state index contributed by atoms with van der Waals surface area (Å²) in [4.78, 5) is 21.3. The minimum absolute atomic E-state index is 0.0598. The summed E-state index contributed by atoms with van der Waals surface area (Å²) in [5.74, 6) is -1.43. The Morgan fingerprint density at radius 1 is 1.29 bits per heavy atom. The van der Waals surface area contributed by atoms with E-state index in [2.05, 4.69) is 0 Å². The van der Waals surface area contributed by atoms with Gasteiger partial charge in [0.25, 0.3) is 0 Å². The van der Waals surface area contributed by atoms with Crippen molar-refractivity contribution in [3.63, 3.8) is 0 Å². The van der Waals surface area contributed by atoms with Gasteiger partial charge in [0.15, 0.2) is 0 Å². The van der Waals surface area contributed by atoms with Gasteiger partial charge in [0.05, 0.1) is 12.8 Å². The Balaban J connectivity index is 3.89. The lowest BCUT2D eigenvalue weighted by molar-refractivity contribution is -0.155. The lowest BCUT2D eigenvalue weighted by atomic mass is 9.90. The third kappa shape index (κ3) is 5.56. The van der Waals surface area contributed by atoms with Crippen molar-refractivity contribution in [3.8, 4) is 0 Å². The van der Waals surface area contributed by atoms with Crippen LogP contribution in [0.15, 0.2) is 0 Å². The molecule has 0 aliphatic heterocycles. The minimum Gasteiger partial charge on any atom is -0.481 e. The van der Waals surface area contributed by atoms with Crippen LogP contribution in [0.3, 0.4) is 0 Å². The summed E-state index contributed by atoms with van der Waals surface area (Å²) >= 11 is 0. The second-order valence-electron chi connectivity index (χ2n) is 4.39. The molecule has 0 fully saturated rings. The first-order chi connectivity index (χ1) is 6.23. The summed E-state index contributed by atoms with van der Waals surface area (Å²) in [5.41, 5.74) is -0.112. The van der Waals surface area contributed by atoms with Gasteiger partial charge in [-0.1, -0.05) is 20.8 Å². The summed E-state index contributed by atoms with van der Waals surface area (Å²) in [7, 11) is 0. The molecule has 0 aliphatic rings. The Morgan fingerprint density at radius 3 is 2.14 bits per heavy atom. The number of ether oxygens (including phenoxy) is 1. The summed E-state index contributed by atoms with van der Waals surface area (Å²) in [6.45, 7) is 7.69. The van der Waals surface area contributed by atoms with Gasteiger partial charge in [-0.05, 0) is 12.3 Å². The zero-order valence-electron chi connectivity index (χ0n) is 9.16. The molecule has 0 rings (SSSR count). The van der Waals surface area contributed by atoms with Crippen molar-refractivity contribution < 1.29 is 19.4 Å². The van der Waals surface area contributed by atoms with Crippen molar-refractivity contribution >= 4 is 11.9 Å². The van der Waals surface area contributed by atoms with E-state index in [1.54, 1.807) is 6.92 Å². The van der Waals surface area contributed by atoms with E-state index in [0.29, 0.717) is 0 Å². The number of esters is 1. The zero-order chi connectivity index (χ0) is 11.4. The first-order valence-corrected chi connectivity index (χ1v) is 4.64. The number of carbonyl (C=O) groups is 2. The maximum atomic E-state index is 11.1. The first kappa shape index (κ1) is 12.9. The quantitative estimate of drug-likeness (QED) is 0.706. The molecule has 0 radical (unpaired) electrons. The third-order valence-electron chi connectivity index (χ3n) is 2.07. The predicted octanol–water partition coefficient (Wildman–Crippen LogP) is 1.83. The summed E-state index contributed by atoms with van der Waals surface area (Å²) < 4.78 is 5.06. The monoisotopic (exact) mass is 202 g/mol. The number of hydrogen-bond donors (Lipinski definition) is 1. The third-order valence-corrected chi connectivity index (χ3v) is 2.07. The van der Waals surface area contributed by atoms with Crippen LogP contribution in [0.1, 0.15) is 40.5 Å². The number of hydrogen-bond acceptors (Lipinski definition) is 3. The van der Waals surface area contributed by atoms with Crippen molar-refractivity contribution in [1.82, 2.24) is 0 Å². The largest absolute Gasteiger partial charge is 0.481 e. The second-order valence-corrected chi connectivity index (χ2v) is 4.39. The molecule has 4 nitrogen and oxygen atoms in total. The van der Waals surface area contributed by atoms with Gasteiger partial charge in [0, 0.05) is 0 Å². The standard InChI is InChI=1S/C10H18O4/c1-7(10(2,3)4)14-9(13)6-5-8(11)12/h7H,5-6H2,1-4H3,(H,11,12). The SMILES string of the molecule is CC(OC(=O)CCC(=O)O)C(C)(C)C. The number of rotatable bonds is 4. The molecule has 1 atom stereocenters. The highest BCUT2D eigenvalue weighted by atomic mass is 16.5. The van der Waals surface area contributed by atoms with Crippen LogP contribution in [0.25, 0.3) is 0 Å². The molecule has 0 spiro atoms. The summed E-state index contributed by atoms with van der Waals surface area (Å²) in [6.07, 6.45) is -0.436. The Hall–Kier alpha value is -1.06. The van der Waals surface area contributed by atoms with E-state index < -0.39 is 11.9 Å². The Kier molecular flexibility index (Phi) is 4.60. The Labute approximate surface area is 84.3 Å². The van der Waals surface area contributed by atoms with Crippen molar-refractivity contribution in [3.05, 3.63) is 0 Å². The Bertz CT molecular complexity index is 215. The van der Waals surface area contributed by atoms with Crippen LogP contribution in [0, 0.1) is 5.41 Å². The van der Waals surface area contributed by atoms with Crippen LogP contribution < -0.4 is 0 Å². The van der Waals surface area contributed by atoms with E-state index >= 15 is 0 Å². The molecular formula is C10H18O4. The molecule has 0 saturated carbocycles. The van der Waals surface area contributed by atoms with Crippen molar-refractivity contribution in [2.24, 2.45) is 5.41 Å². The van der Waals surface area contributed by atoms with Gasteiger partial charge in [-0.2, -0.15) is 0 Å². The molecule has 1 unspecified atom stereocenters. The molecule has 14 heavy (non-hydrogen) atoms. The number of carboxylic acid groups (broad SMARTS) is 1. The maximum absolute atomic E-state index is 11.1. The van der Waals surface area contributed by atoms with Crippen LogP contribution in [-0.4, -0.2) is 23.1 Å². The van der Waals surface area contributed by atoms with Crippen molar-refractivity contribution in [2.45, 2.75) is 46.6 Å². The summed E-state index contributed by atoms with van der Waals surface area (Å²) in [5, 5.41) is 8.35. The van der Waals surface area contributed by atoms with Gasteiger partial charge in [0.1, 0.15) is 6.10 Å². The van der Waals surface area contributed by atoms with Crippen LogP contribution in [0.4, 0.5) is 0 Å². The smallest absolute Gasteiger partial charge is 0.306 e. The average Bonchev–Trinajstić information content (AvgIpc) is 1.99. The lowest BCUT2D eigenvalue weighted by Gasteiger charge is -2.26. The molecular weight excluding hydrogens is 184 g/mol. The van der Waals surface area contributed by atoms with E-state index in [0.717, 1.165) is 0 Å². The molecule has 0 amide bonds. The average molecular weight is 202 g/mol. The van der Waals surface area contributed by atoms with E-state index in [4.69, 9.17) is 9.84 Å². The second kappa shape index (κ2) is 4.98. The lowest BCUT2D eigenvalue weighted by Crippen LogP contribution is -2.28. The van der Waals surface area contributed by atoms with Crippen molar-refractivity contribution in [2.75, 3.05) is 0 Å². The van der Waals surface area contributed by atoms with Crippen LogP contribution >= 0.6 is 0 Å². The minimum atomic E-state index is -0.981. The Morgan fingerprint density at radius 2 is 1.79 bits per heavy atom. The molecule has 0 bridgehead atoms. The highest BCUT2D eigenvalue weighted by Gasteiger charge is 2.23. The normalized spacial score (nSPS) is 13.4. The molecule has 1 N–H and O–H groups in total. The van der Waals surface area contributed by atoms with Gasteiger partial charge in [-0.3, -0.25) is 9.59 Å². The molecule has 0 heterocycles. The molecule has 82 valence electrons. The fourth-order valence-electron chi connectivity index (χ4n) is 0.642. The van der Waals surface area contributed by atoms with E-state index in [1.165, 1.54) is 0 Å². The van der Waals surface area contributed by atoms with Gasteiger partial charge < -0.3 is 9.84 Å². The summed E-state index contributed by atoms with van der Waals surface area (Å²) in [6, 6.07) is 0. The number of carboxylic acids is 1. The van der Waals surface area contributed by atoms with Crippen molar-refractivity contribution in [1.29, 1.82) is 0 Å². The van der Waals surface area contributed by atoms with Crippen LogP contribution in [0.5, 0.6) is 0 Å². The number of carbonyl (C=O) groups excluding carboxylic acids is 1. The molecule has 4 heteroatoms. The van der Waals surface area contributed by atoms with E-state index in [-0.39, 0.29) is 24.4 Å². The van der Waals surface area contributed by atoms with Crippen LogP contribution in [-0.2, 0) is 14.3 Å². The van der Waals surface area contributed by atoms with Crippen LogP contribution in [0.2, 0.25) is 0 Å². The molecule has 0 aliphatic carbocycles. The van der Waals surface area contributed by atoms with E-state index in [1.807, 2.05) is 20.8 Å². The van der Waals surface area contributed by atoms with Gasteiger partial charge in [-0.15, -0.1) is 0 Å². The van der Waals surface area contributed by atoms with Gasteiger partial charge >= 0.3 is 11.9 Å². The topological polar surface area (TPSA) is 63.6 Å². The predicted molar refractivity (Wildman–Crippen MR) is 51.9 cm³/mol. The highest BCUT2D eigenvalue weighted by Crippen LogP contribution is 2.21. The molecule has 0 saturated heterocycles. The van der Waals surface area contributed by atoms with E-state index in [9.17, 15) is 9.59 Å². The van der Waals surface area contributed by atoms with Gasteiger partial charge in [-0.25, -0.2) is 0 Å². The molecule has 0 aromatic rings. The fourth-order valence-corrected chi connectivity index (χ4v) is 0.642. The number of aliphatic carboxylic acids is 1. The van der Waals surface area contributed by atoms with Gasteiger partial charge in [0.2, 0.25) is 0 Å². The molecule has 0 aromatic carbocycles. The molecule has 0 aromatic heterocycles. The maximum Gasteiger partial charge on any atom is 0.306 e. The zero-order valence-corrected chi connectivity index (χ0v) is 9.16. The fraction of sp³-hybridized carbons (Fsp3) is 0.800. The highest BCUT2D eigenvalue weighted by molar-refractivity contribution is 5.76. The first-order valence-electron chi connectivity index (χ1n) is 4.64.